The number of hydrogen-bond donors (Lipinski definition) is 4. The van der Waals surface area contributed by atoms with Crippen molar-refractivity contribution in [2.24, 2.45) is 5.41 Å². The van der Waals surface area contributed by atoms with Crippen LogP contribution in [0.1, 0.15) is 11.7 Å². The Morgan fingerprint density at radius 2 is 1.41 bits per heavy atom. The summed E-state index contributed by atoms with van der Waals surface area (Å²) < 4.78 is 0. The van der Waals surface area contributed by atoms with Crippen molar-refractivity contribution in [1.82, 2.24) is 0 Å². The maximum atomic E-state index is 10.1. The van der Waals surface area contributed by atoms with Gasteiger partial charge in [-0.05, 0) is 12.1 Å². The summed E-state index contributed by atoms with van der Waals surface area (Å²) in [7, 11) is 0. The average molecular weight is 281 g/mol. The van der Waals surface area contributed by atoms with Gasteiger partial charge in [0.25, 0.3) is 0 Å². The fraction of sp³-hybridized carbons (Fsp3) is 0.455. The van der Waals surface area contributed by atoms with Crippen molar-refractivity contribution in [3.8, 4) is 0 Å². The summed E-state index contributed by atoms with van der Waals surface area (Å²) in [4.78, 5) is 0. The zero-order valence-corrected chi connectivity index (χ0v) is 10.5. The Bertz CT molecular complexity index is 351. The summed E-state index contributed by atoms with van der Waals surface area (Å²) in [6.07, 6.45) is -1.36. The first-order chi connectivity index (χ1) is 8.02. The van der Waals surface area contributed by atoms with Gasteiger partial charge in [0, 0.05) is 15.6 Å². The first kappa shape index (κ1) is 14.7. The molecular formula is C11H14Cl2O4. The number of hydrogen-bond acceptors (Lipinski definition) is 4. The summed E-state index contributed by atoms with van der Waals surface area (Å²) in [6, 6.07) is 4.67. The summed E-state index contributed by atoms with van der Waals surface area (Å²) in [5.41, 5.74) is -1.29. The van der Waals surface area contributed by atoms with Gasteiger partial charge < -0.3 is 20.4 Å². The molecule has 0 spiro atoms. The van der Waals surface area contributed by atoms with E-state index in [-0.39, 0.29) is 15.6 Å². The van der Waals surface area contributed by atoms with Crippen LogP contribution in [0.5, 0.6) is 0 Å². The number of aliphatic hydroxyl groups excluding tert-OH is 4. The van der Waals surface area contributed by atoms with Crippen molar-refractivity contribution in [3.05, 3.63) is 33.8 Å². The topological polar surface area (TPSA) is 80.9 Å². The van der Waals surface area contributed by atoms with E-state index in [0.717, 1.165) is 0 Å². The van der Waals surface area contributed by atoms with Crippen LogP contribution in [0.3, 0.4) is 0 Å². The van der Waals surface area contributed by atoms with Crippen LogP contribution in [-0.4, -0.2) is 40.2 Å². The lowest BCUT2D eigenvalue weighted by atomic mass is 9.81. The molecule has 0 aromatic heterocycles. The van der Waals surface area contributed by atoms with Crippen LogP contribution < -0.4 is 0 Å². The predicted octanol–water partition coefficient (Wildman–Crippen LogP) is 0.990. The molecule has 17 heavy (non-hydrogen) atoms. The molecule has 1 unspecified atom stereocenters. The highest BCUT2D eigenvalue weighted by Crippen LogP contribution is 2.40. The van der Waals surface area contributed by atoms with Crippen molar-refractivity contribution in [2.75, 3.05) is 19.8 Å². The molecule has 0 saturated heterocycles. The van der Waals surface area contributed by atoms with Gasteiger partial charge >= 0.3 is 0 Å². The Morgan fingerprint density at radius 3 is 1.76 bits per heavy atom. The van der Waals surface area contributed by atoms with E-state index in [0.29, 0.717) is 0 Å². The van der Waals surface area contributed by atoms with Gasteiger partial charge in [-0.3, -0.25) is 0 Å². The van der Waals surface area contributed by atoms with E-state index in [1.165, 1.54) is 12.1 Å². The molecule has 0 amide bonds. The fourth-order valence-corrected chi connectivity index (χ4v) is 2.09. The van der Waals surface area contributed by atoms with Crippen LogP contribution in [0, 0.1) is 5.41 Å². The van der Waals surface area contributed by atoms with Crippen molar-refractivity contribution < 1.29 is 20.4 Å². The highest BCUT2D eigenvalue weighted by atomic mass is 35.5. The van der Waals surface area contributed by atoms with Gasteiger partial charge in [0.2, 0.25) is 0 Å². The maximum absolute atomic E-state index is 10.1. The van der Waals surface area contributed by atoms with E-state index in [1.807, 2.05) is 0 Å². The smallest absolute Gasteiger partial charge is 0.0941 e. The second kappa shape index (κ2) is 6.00. The molecule has 1 rings (SSSR count). The molecule has 0 saturated carbocycles. The van der Waals surface area contributed by atoms with E-state index < -0.39 is 31.3 Å². The third kappa shape index (κ3) is 2.73. The summed E-state index contributed by atoms with van der Waals surface area (Å²) in [6.45, 7) is -1.78. The van der Waals surface area contributed by atoms with Crippen LogP contribution in [-0.2, 0) is 0 Å². The molecule has 1 aromatic carbocycles. The molecular weight excluding hydrogens is 267 g/mol. The number of halogens is 2. The highest BCUT2D eigenvalue weighted by Gasteiger charge is 2.39. The van der Waals surface area contributed by atoms with Gasteiger partial charge in [0.15, 0.2) is 0 Å². The molecule has 6 heteroatoms. The second-order valence-electron chi connectivity index (χ2n) is 3.87. The summed E-state index contributed by atoms with van der Waals surface area (Å²) >= 11 is 11.8. The third-order valence-electron chi connectivity index (χ3n) is 2.80. The van der Waals surface area contributed by atoms with E-state index in [9.17, 15) is 20.4 Å². The molecule has 0 heterocycles. The van der Waals surface area contributed by atoms with Gasteiger partial charge in [-0.2, -0.15) is 0 Å². The largest absolute Gasteiger partial charge is 0.395 e. The van der Waals surface area contributed by atoms with Crippen molar-refractivity contribution in [3.63, 3.8) is 0 Å². The van der Waals surface area contributed by atoms with Crippen molar-refractivity contribution in [2.45, 2.75) is 6.10 Å². The van der Waals surface area contributed by atoms with Gasteiger partial charge in [0.05, 0.1) is 31.3 Å². The monoisotopic (exact) mass is 280 g/mol. The molecule has 96 valence electrons. The number of benzene rings is 1. The Morgan fingerprint density at radius 1 is 1.00 bits per heavy atom. The number of aliphatic hydroxyl groups is 4. The predicted molar refractivity (Wildman–Crippen MR) is 65.1 cm³/mol. The molecule has 0 aliphatic rings. The molecule has 1 aromatic rings. The van der Waals surface area contributed by atoms with Crippen LogP contribution in [0.25, 0.3) is 0 Å². The first-order valence-electron chi connectivity index (χ1n) is 4.97. The summed E-state index contributed by atoms with van der Waals surface area (Å²) in [5, 5.41) is 38.2. The molecule has 0 aliphatic heterocycles. The van der Waals surface area contributed by atoms with Crippen molar-refractivity contribution >= 4 is 23.2 Å². The highest BCUT2D eigenvalue weighted by molar-refractivity contribution is 6.36. The second-order valence-corrected chi connectivity index (χ2v) is 4.69. The molecule has 4 nitrogen and oxygen atoms in total. The quantitative estimate of drug-likeness (QED) is 0.649. The lowest BCUT2D eigenvalue weighted by Crippen LogP contribution is -2.40. The Kier molecular flexibility index (Phi) is 5.19. The zero-order chi connectivity index (χ0) is 13.1. The van der Waals surface area contributed by atoms with E-state index in [1.54, 1.807) is 6.07 Å². The van der Waals surface area contributed by atoms with Crippen LogP contribution in [0.4, 0.5) is 0 Å². The Balaban J connectivity index is 3.23. The van der Waals surface area contributed by atoms with Crippen LogP contribution in [0.15, 0.2) is 18.2 Å². The van der Waals surface area contributed by atoms with Crippen molar-refractivity contribution in [1.29, 1.82) is 0 Å². The van der Waals surface area contributed by atoms with Gasteiger partial charge in [-0.15, -0.1) is 0 Å². The lowest BCUT2D eigenvalue weighted by molar-refractivity contribution is -0.0851. The van der Waals surface area contributed by atoms with Crippen LogP contribution >= 0.6 is 23.2 Å². The first-order valence-corrected chi connectivity index (χ1v) is 5.72. The fourth-order valence-electron chi connectivity index (χ4n) is 1.49. The third-order valence-corrected chi connectivity index (χ3v) is 3.46. The minimum Gasteiger partial charge on any atom is -0.395 e. The maximum Gasteiger partial charge on any atom is 0.0941 e. The average Bonchev–Trinajstić information content (AvgIpc) is 2.32. The van der Waals surface area contributed by atoms with Crippen LogP contribution in [0.2, 0.25) is 10.0 Å². The van der Waals surface area contributed by atoms with E-state index in [4.69, 9.17) is 23.2 Å². The molecule has 0 radical (unpaired) electrons. The van der Waals surface area contributed by atoms with Gasteiger partial charge in [-0.1, -0.05) is 29.3 Å². The zero-order valence-electron chi connectivity index (χ0n) is 8.98. The normalized spacial score (nSPS) is 13.8. The SMILES string of the molecule is OCC(CO)(CO)C(O)c1c(Cl)cccc1Cl. The number of rotatable bonds is 5. The lowest BCUT2D eigenvalue weighted by Gasteiger charge is -2.33. The molecule has 1 atom stereocenters. The molecule has 4 N–H and O–H groups in total. The Hall–Kier alpha value is -0.360. The molecule has 0 fully saturated rings. The van der Waals surface area contributed by atoms with Gasteiger partial charge in [0.1, 0.15) is 0 Å². The minimum atomic E-state index is -1.48. The molecule has 0 bridgehead atoms. The molecule has 0 aliphatic carbocycles. The Labute approximate surface area is 109 Å². The minimum absolute atomic E-state index is 0.188. The summed E-state index contributed by atoms with van der Waals surface area (Å²) in [5.74, 6) is 0. The van der Waals surface area contributed by atoms with E-state index >= 15 is 0 Å². The van der Waals surface area contributed by atoms with Gasteiger partial charge in [-0.25, -0.2) is 0 Å². The standard InChI is InChI=1S/C11H14Cl2O4/c12-7-2-1-3-8(13)9(7)10(17)11(4-14,5-15)6-16/h1-3,10,14-17H,4-6H2. The van der Waals surface area contributed by atoms with E-state index in [2.05, 4.69) is 0 Å².